The lowest BCUT2D eigenvalue weighted by atomic mass is 9.76. The molecule has 8 heteroatoms. The summed E-state index contributed by atoms with van der Waals surface area (Å²) in [5.74, 6) is 2.30. The topological polar surface area (TPSA) is 86.9 Å². The summed E-state index contributed by atoms with van der Waals surface area (Å²) in [5.41, 5.74) is 0.726. The summed E-state index contributed by atoms with van der Waals surface area (Å²) < 4.78 is 22.3. The summed E-state index contributed by atoms with van der Waals surface area (Å²) >= 11 is 0. The maximum Gasteiger partial charge on any atom is 0.260 e. The molecule has 174 valence electrons. The maximum absolute atomic E-state index is 13.0. The third-order valence-electron chi connectivity index (χ3n) is 6.55. The van der Waals surface area contributed by atoms with E-state index in [2.05, 4.69) is 5.16 Å². The second-order valence-electron chi connectivity index (χ2n) is 8.89. The first kappa shape index (κ1) is 22.7. The number of benzene rings is 1. The van der Waals surface area contributed by atoms with Crippen molar-refractivity contribution in [2.75, 3.05) is 46.6 Å². The molecule has 1 unspecified atom stereocenters. The van der Waals surface area contributed by atoms with Crippen LogP contribution in [0.1, 0.15) is 55.3 Å². The van der Waals surface area contributed by atoms with Gasteiger partial charge in [0.1, 0.15) is 5.75 Å². The van der Waals surface area contributed by atoms with Crippen molar-refractivity contribution >= 4 is 5.91 Å². The van der Waals surface area contributed by atoms with Gasteiger partial charge < -0.3 is 23.6 Å². The Morgan fingerprint density at radius 3 is 2.94 bits per heavy atom. The summed E-state index contributed by atoms with van der Waals surface area (Å²) in [7, 11) is 1.69. The molecule has 3 heterocycles. The number of rotatable bonds is 8. The van der Waals surface area contributed by atoms with Crippen molar-refractivity contribution in [3.05, 3.63) is 41.5 Å². The predicted molar refractivity (Wildman–Crippen MR) is 118 cm³/mol. The maximum atomic E-state index is 13.0. The SMILES string of the molecule is COCCC1(c2noc(C3CCOCC3)n2)CCCN(C(=O)COc2cccc(C)c2)C1. The fourth-order valence-electron chi connectivity index (χ4n) is 4.64. The number of carbonyl (C=O) groups is 1. The normalized spacial score (nSPS) is 22.1. The van der Waals surface area contributed by atoms with Crippen molar-refractivity contribution in [3.63, 3.8) is 0 Å². The zero-order chi connectivity index (χ0) is 22.4. The van der Waals surface area contributed by atoms with Crippen molar-refractivity contribution in [1.29, 1.82) is 0 Å². The van der Waals surface area contributed by atoms with Gasteiger partial charge in [-0.3, -0.25) is 4.79 Å². The van der Waals surface area contributed by atoms with E-state index in [1.54, 1.807) is 7.11 Å². The van der Waals surface area contributed by atoms with E-state index in [1.165, 1.54) is 0 Å². The van der Waals surface area contributed by atoms with Crippen molar-refractivity contribution in [2.24, 2.45) is 0 Å². The van der Waals surface area contributed by atoms with Gasteiger partial charge in [0.25, 0.3) is 5.91 Å². The Morgan fingerprint density at radius 2 is 2.16 bits per heavy atom. The molecule has 0 saturated carbocycles. The van der Waals surface area contributed by atoms with E-state index in [0.717, 1.165) is 50.9 Å². The van der Waals surface area contributed by atoms with Crippen LogP contribution in [0, 0.1) is 6.92 Å². The molecule has 2 saturated heterocycles. The summed E-state index contributed by atoms with van der Waals surface area (Å²) in [4.78, 5) is 19.7. The number of methoxy groups -OCH3 is 1. The molecule has 32 heavy (non-hydrogen) atoms. The van der Waals surface area contributed by atoms with Crippen LogP contribution in [0.5, 0.6) is 5.75 Å². The molecule has 1 amide bonds. The molecule has 2 aliphatic rings. The van der Waals surface area contributed by atoms with Crippen LogP contribution in [0.15, 0.2) is 28.8 Å². The molecule has 1 aromatic heterocycles. The molecule has 4 rings (SSSR count). The highest BCUT2D eigenvalue weighted by Gasteiger charge is 2.42. The van der Waals surface area contributed by atoms with Gasteiger partial charge in [0.15, 0.2) is 12.4 Å². The Balaban J connectivity index is 1.46. The van der Waals surface area contributed by atoms with Crippen molar-refractivity contribution < 1.29 is 23.5 Å². The third kappa shape index (κ3) is 5.30. The standard InChI is InChI=1S/C24H33N3O5/c1-18-5-3-6-20(15-18)31-16-21(28)27-11-4-9-24(17-27,10-14-29-2)23-25-22(32-26-23)19-7-12-30-13-8-19/h3,5-6,15,19H,4,7-14,16-17H2,1-2H3. The van der Waals surface area contributed by atoms with E-state index in [1.807, 2.05) is 36.1 Å². The fourth-order valence-corrected chi connectivity index (χ4v) is 4.64. The number of likely N-dealkylation sites (tertiary alicyclic amines) is 1. The lowest BCUT2D eigenvalue weighted by Crippen LogP contribution is -2.50. The van der Waals surface area contributed by atoms with Crippen LogP contribution >= 0.6 is 0 Å². The number of hydrogen-bond acceptors (Lipinski definition) is 7. The largest absolute Gasteiger partial charge is 0.484 e. The van der Waals surface area contributed by atoms with E-state index < -0.39 is 0 Å². The van der Waals surface area contributed by atoms with Crippen molar-refractivity contribution in [2.45, 2.75) is 50.4 Å². The monoisotopic (exact) mass is 443 g/mol. The zero-order valence-electron chi connectivity index (χ0n) is 19.0. The number of hydrogen-bond donors (Lipinski definition) is 0. The number of piperidine rings is 1. The smallest absolute Gasteiger partial charge is 0.260 e. The Bertz CT molecular complexity index is 895. The number of carbonyl (C=O) groups excluding carboxylic acids is 1. The average Bonchev–Trinajstić information content (AvgIpc) is 3.33. The van der Waals surface area contributed by atoms with Gasteiger partial charge in [-0.2, -0.15) is 4.98 Å². The second-order valence-corrected chi connectivity index (χ2v) is 8.89. The molecule has 2 aliphatic heterocycles. The molecule has 2 aromatic rings. The van der Waals surface area contributed by atoms with Gasteiger partial charge in [-0.1, -0.05) is 17.3 Å². The average molecular weight is 444 g/mol. The van der Waals surface area contributed by atoms with E-state index in [4.69, 9.17) is 23.7 Å². The first-order chi connectivity index (χ1) is 15.6. The number of aryl methyl sites for hydroxylation is 1. The van der Waals surface area contributed by atoms with Crippen LogP contribution in [0.25, 0.3) is 0 Å². The summed E-state index contributed by atoms with van der Waals surface area (Å²) in [6.45, 7) is 5.28. The van der Waals surface area contributed by atoms with E-state index >= 15 is 0 Å². The zero-order valence-corrected chi connectivity index (χ0v) is 19.0. The van der Waals surface area contributed by atoms with E-state index in [9.17, 15) is 4.79 Å². The fraction of sp³-hybridized carbons (Fsp3) is 0.625. The highest BCUT2D eigenvalue weighted by Crippen LogP contribution is 2.37. The summed E-state index contributed by atoms with van der Waals surface area (Å²) in [5, 5.41) is 4.39. The van der Waals surface area contributed by atoms with Crippen LogP contribution in [0.2, 0.25) is 0 Å². The van der Waals surface area contributed by atoms with Gasteiger partial charge in [-0.15, -0.1) is 0 Å². The molecule has 0 radical (unpaired) electrons. The number of amides is 1. The number of nitrogens with zero attached hydrogens (tertiary/aromatic N) is 3. The van der Waals surface area contributed by atoms with Gasteiger partial charge in [-0.25, -0.2) is 0 Å². The minimum Gasteiger partial charge on any atom is -0.484 e. The van der Waals surface area contributed by atoms with Crippen LogP contribution in [-0.4, -0.2) is 67.6 Å². The lowest BCUT2D eigenvalue weighted by molar-refractivity contribution is -0.136. The minimum atomic E-state index is -0.375. The predicted octanol–water partition coefficient (Wildman–Crippen LogP) is 3.25. The van der Waals surface area contributed by atoms with Crippen molar-refractivity contribution in [1.82, 2.24) is 15.0 Å². The van der Waals surface area contributed by atoms with Gasteiger partial charge in [0.2, 0.25) is 5.89 Å². The van der Waals surface area contributed by atoms with Crippen LogP contribution in [0.3, 0.4) is 0 Å². The molecule has 0 N–H and O–H groups in total. The molecule has 0 aliphatic carbocycles. The Kier molecular flexibility index (Phi) is 7.42. The molecule has 0 bridgehead atoms. The quantitative estimate of drug-likeness (QED) is 0.619. The first-order valence-electron chi connectivity index (χ1n) is 11.5. The molecule has 1 atom stereocenters. The Morgan fingerprint density at radius 1 is 1.31 bits per heavy atom. The van der Waals surface area contributed by atoms with E-state index in [0.29, 0.717) is 37.2 Å². The Hall–Kier alpha value is -2.45. The molecule has 1 aromatic carbocycles. The summed E-state index contributed by atoms with van der Waals surface area (Å²) in [6, 6.07) is 7.74. The van der Waals surface area contributed by atoms with Gasteiger partial charge in [-0.05, 0) is 56.7 Å². The molecule has 0 spiro atoms. The van der Waals surface area contributed by atoms with Crippen LogP contribution < -0.4 is 4.74 Å². The minimum absolute atomic E-state index is 0.0172. The molecular weight excluding hydrogens is 410 g/mol. The molecule has 8 nitrogen and oxygen atoms in total. The Labute approximate surface area is 189 Å². The van der Waals surface area contributed by atoms with Gasteiger partial charge in [0, 0.05) is 45.9 Å². The number of ether oxygens (including phenoxy) is 3. The third-order valence-corrected chi connectivity index (χ3v) is 6.55. The highest BCUT2D eigenvalue weighted by molar-refractivity contribution is 5.78. The van der Waals surface area contributed by atoms with Crippen molar-refractivity contribution in [3.8, 4) is 5.75 Å². The van der Waals surface area contributed by atoms with Crippen LogP contribution in [-0.2, 0) is 19.7 Å². The van der Waals surface area contributed by atoms with Gasteiger partial charge >= 0.3 is 0 Å². The van der Waals surface area contributed by atoms with Crippen LogP contribution in [0.4, 0.5) is 0 Å². The second kappa shape index (κ2) is 10.4. The lowest BCUT2D eigenvalue weighted by Gasteiger charge is -2.40. The highest BCUT2D eigenvalue weighted by atomic mass is 16.5. The first-order valence-corrected chi connectivity index (χ1v) is 11.5. The number of aromatic nitrogens is 2. The van der Waals surface area contributed by atoms with Gasteiger partial charge in [0.05, 0.1) is 5.41 Å². The van der Waals surface area contributed by atoms with E-state index in [-0.39, 0.29) is 23.8 Å². The molecule has 2 fully saturated rings. The molecular formula is C24H33N3O5. The summed E-state index contributed by atoms with van der Waals surface area (Å²) in [6.07, 6.45) is 4.30.